The van der Waals surface area contributed by atoms with Crippen LogP contribution in [0.5, 0.6) is 0 Å². The fourth-order valence-corrected chi connectivity index (χ4v) is 3.32. The van der Waals surface area contributed by atoms with Crippen LogP contribution in [0.25, 0.3) is 0 Å². The van der Waals surface area contributed by atoms with Crippen molar-refractivity contribution >= 4 is 11.6 Å². The molecule has 112 valence electrons. The van der Waals surface area contributed by atoms with E-state index in [2.05, 4.69) is 36.1 Å². The molecule has 0 amide bonds. The van der Waals surface area contributed by atoms with Crippen molar-refractivity contribution in [1.82, 2.24) is 9.97 Å². The van der Waals surface area contributed by atoms with Crippen molar-refractivity contribution in [3.63, 3.8) is 0 Å². The molecular formula is C16H28N4. The first-order chi connectivity index (χ1) is 9.49. The van der Waals surface area contributed by atoms with Crippen LogP contribution in [0.1, 0.15) is 57.8 Å². The molecule has 1 aromatic rings. The molecule has 0 saturated heterocycles. The van der Waals surface area contributed by atoms with Gasteiger partial charge in [0.05, 0.1) is 0 Å². The third-order valence-corrected chi connectivity index (χ3v) is 4.22. The van der Waals surface area contributed by atoms with E-state index >= 15 is 0 Å². The molecule has 20 heavy (non-hydrogen) atoms. The molecule has 1 heterocycles. The molecule has 4 nitrogen and oxygen atoms in total. The molecule has 0 aromatic carbocycles. The number of anilines is 2. The molecule has 2 atom stereocenters. The molecule has 4 heteroatoms. The largest absolute Gasteiger partial charge is 0.383 e. The average molecular weight is 276 g/mol. The molecule has 0 radical (unpaired) electrons. The van der Waals surface area contributed by atoms with Gasteiger partial charge in [-0.05, 0) is 44.4 Å². The lowest BCUT2D eigenvalue weighted by Gasteiger charge is -2.32. The Morgan fingerprint density at radius 1 is 1.15 bits per heavy atom. The SMILES string of the molecule is CCCc1nc(N)c(C)c(NC2CC(C)CC(C)C2)n1. The zero-order chi connectivity index (χ0) is 14.7. The molecule has 1 saturated carbocycles. The van der Waals surface area contributed by atoms with Gasteiger partial charge in [0.25, 0.3) is 0 Å². The molecule has 1 fully saturated rings. The number of nitrogen functional groups attached to an aromatic ring is 1. The van der Waals surface area contributed by atoms with Crippen LogP contribution >= 0.6 is 0 Å². The molecule has 2 rings (SSSR count). The minimum absolute atomic E-state index is 0.510. The second kappa shape index (κ2) is 6.42. The molecule has 1 aliphatic carbocycles. The lowest BCUT2D eigenvalue weighted by Crippen LogP contribution is -2.31. The van der Waals surface area contributed by atoms with E-state index in [0.29, 0.717) is 11.9 Å². The monoisotopic (exact) mass is 276 g/mol. The summed E-state index contributed by atoms with van der Waals surface area (Å²) >= 11 is 0. The van der Waals surface area contributed by atoms with Gasteiger partial charge in [0.1, 0.15) is 17.5 Å². The second-order valence-electron chi connectivity index (χ2n) is 6.51. The van der Waals surface area contributed by atoms with Gasteiger partial charge in [-0.2, -0.15) is 0 Å². The van der Waals surface area contributed by atoms with Crippen LogP contribution in [0.15, 0.2) is 0 Å². The number of rotatable bonds is 4. The number of hydrogen-bond donors (Lipinski definition) is 2. The van der Waals surface area contributed by atoms with E-state index in [1.165, 1.54) is 19.3 Å². The summed E-state index contributed by atoms with van der Waals surface area (Å²) in [5.41, 5.74) is 7.00. The summed E-state index contributed by atoms with van der Waals surface area (Å²) in [6.07, 6.45) is 5.70. The number of hydrogen-bond acceptors (Lipinski definition) is 4. The number of aromatic nitrogens is 2. The standard InChI is InChI=1S/C16H28N4/c1-5-6-14-19-15(17)12(4)16(20-14)18-13-8-10(2)7-11(3)9-13/h10-11,13H,5-9H2,1-4H3,(H3,17,18,19,20). The maximum atomic E-state index is 6.02. The van der Waals surface area contributed by atoms with Crippen LogP contribution in [0.2, 0.25) is 0 Å². The zero-order valence-electron chi connectivity index (χ0n) is 13.2. The van der Waals surface area contributed by atoms with Gasteiger partial charge in [-0.3, -0.25) is 0 Å². The fraction of sp³-hybridized carbons (Fsp3) is 0.750. The summed E-state index contributed by atoms with van der Waals surface area (Å²) in [5, 5.41) is 3.62. The minimum Gasteiger partial charge on any atom is -0.383 e. The first-order valence-corrected chi connectivity index (χ1v) is 7.89. The maximum absolute atomic E-state index is 6.02. The van der Waals surface area contributed by atoms with Gasteiger partial charge in [0.2, 0.25) is 0 Å². The van der Waals surface area contributed by atoms with Crippen molar-refractivity contribution in [1.29, 1.82) is 0 Å². The summed E-state index contributed by atoms with van der Waals surface area (Å²) in [6.45, 7) is 8.82. The Morgan fingerprint density at radius 3 is 2.40 bits per heavy atom. The Bertz CT molecular complexity index is 448. The Labute approximate surface area is 122 Å². The highest BCUT2D eigenvalue weighted by Crippen LogP contribution is 2.31. The van der Waals surface area contributed by atoms with Crippen molar-refractivity contribution in [2.75, 3.05) is 11.1 Å². The zero-order valence-corrected chi connectivity index (χ0v) is 13.2. The van der Waals surface area contributed by atoms with Crippen LogP contribution in [0.4, 0.5) is 11.6 Å². The Balaban J connectivity index is 2.15. The quantitative estimate of drug-likeness (QED) is 0.882. The summed E-state index contributed by atoms with van der Waals surface area (Å²) in [6, 6.07) is 0.510. The summed E-state index contributed by atoms with van der Waals surface area (Å²) in [7, 11) is 0. The highest BCUT2D eigenvalue weighted by atomic mass is 15.1. The second-order valence-corrected chi connectivity index (χ2v) is 6.51. The van der Waals surface area contributed by atoms with E-state index in [1.54, 1.807) is 0 Å². The molecule has 0 bridgehead atoms. The lowest BCUT2D eigenvalue weighted by atomic mass is 9.80. The van der Waals surface area contributed by atoms with Gasteiger partial charge >= 0.3 is 0 Å². The highest BCUT2D eigenvalue weighted by molar-refractivity contribution is 5.55. The van der Waals surface area contributed by atoms with E-state index in [1.807, 2.05) is 6.92 Å². The van der Waals surface area contributed by atoms with Gasteiger partial charge in [-0.15, -0.1) is 0 Å². The van der Waals surface area contributed by atoms with E-state index in [4.69, 9.17) is 5.73 Å². The Morgan fingerprint density at radius 2 is 1.80 bits per heavy atom. The van der Waals surface area contributed by atoms with Crippen molar-refractivity contribution in [2.24, 2.45) is 11.8 Å². The van der Waals surface area contributed by atoms with E-state index < -0.39 is 0 Å². The number of nitrogens with two attached hydrogens (primary N) is 1. The topological polar surface area (TPSA) is 63.8 Å². The van der Waals surface area contributed by atoms with Crippen LogP contribution in [-0.4, -0.2) is 16.0 Å². The van der Waals surface area contributed by atoms with Gasteiger partial charge in [0.15, 0.2) is 0 Å². The number of aryl methyl sites for hydroxylation is 1. The Hall–Kier alpha value is -1.32. The third-order valence-electron chi connectivity index (χ3n) is 4.22. The van der Waals surface area contributed by atoms with Gasteiger partial charge < -0.3 is 11.1 Å². The number of nitrogens with zero attached hydrogens (tertiary/aromatic N) is 2. The van der Waals surface area contributed by atoms with E-state index in [9.17, 15) is 0 Å². The Kier molecular flexibility index (Phi) is 4.84. The van der Waals surface area contributed by atoms with Crippen molar-refractivity contribution in [3.05, 3.63) is 11.4 Å². The molecule has 0 spiro atoms. The first-order valence-electron chi connectivity index (χ1n) is 7.89. The van der Waals surface area contributed by atoms with Gasteiger partial charge in [-0.25, -0.2) is 9.97 Å². The molecule has 0 aliphatic heterocycles. The smallest absolute Gasteiger partial charge is 0.134 e. The lowest BCUT2D eigenvalue weighted by molar-refractivity contribution is 0.280. The minimum atomic E-state index is 0.510. The normalized spacial score (nSPS) is 26.5. The summed E-state index contributed by atoms with van der Waals surface area (Å²) in [5.74, 6) is 3.97. The molecule has 1 aliphatic rings. The number of nitrogens with one attached hydrogen (secondary N) is 1. The molecule has 3 N–H and O–H groups in total. The van der Waals surface area contributed by atoms with Crippen LogP contribution in [0.3, 0.4) is 0 Å². The van der Waals surface area contributed by atoms with Gasteiger partial charge in [-0.1, -0.05) is 20.8 Å². The fourth-order valence-electron chi connectivity index (χ4n) is 3.32. The van der Waals surface area contributed by atoms with Crippen LogP contribution in [0, 0.1) is 18.8 Å². The van der Waals surface area contributed by atoms with Crippen molar-refractivity contribution in [3.8, 4) is 0 Å². The first kappa shape index (κ1) is 15.1. The van der Waals surface area contributed by atoms with Crippen LogP contribution < -0.4 is 11.1 Å². The average Bonchev–Trinajstić information content (AvgIpc) is 2.34. The molecular weight excluding hydrogens is 248 g/mol. The van der Waals surface area contributed by atoms with Gasteiger partial charge in [0, 0.05) is 18.0 Å². The van der Waals surface area contributed by atoms with Crippen molar-refractivity contribution < 1.29 is 0 Å². The summed E-state index contributed by atoms with van der Waals surface area (Å²) < 4.78 is 0. The summed E-state index contributed by atoms with van der Waals surface area (Å²) in [4.78, 5) is 9.04. The predicted octanol–water partition coefficient (Wildman–Crippen LogP) is 3.56. The van der Waals surface area contributed by atoms with E-state index in [-0.39, 0.29) is 0 Å². The third kappa shape index (κ3) is 3.62. The highest BCUT2D eigenvalue weighted by Gasteiger charge is 2.24. The molecule has 2 unspecified atom stereocenters. The van der Waals surface area contributed by atoms with Crippen molar-refractivity contribution in [2.45, 2.75) is 65.8 Å². The molecule has 1 aromatic heterocycles. The van der Waals surface area contributed by atoms with E-state index in [0.717, 1.165) is 41.9 Å². The maximum Gasteiger partial charge on any atom is 0.134 e. The van der Waals surface area contributed by atoms with Crippen LogP contribution in [-0.2, 0) is 6.42 Å². The predicted molar refractivity (Wildman–Crippen MR) is 84.8 cm³/mol.